The summed E-state index contributed by atoms with van der Waals surface area (Å²) in [6.07, 6.45) is -4.32. The third kappa shape index (κ3) is 5.72. The quantitative estimate of drug-likeness (QED) is 0.182. The zero-order chi connectivity index (χ0) is 21.8. The van der Waals surface area contributed by atoms with E-state index in [1.54, 1.807) is 6.92 Å². The molecule has 29 heavy (non-hydrogen) atoms. The molecule has 2 rings (SSSR count). The lowest BCUT2D eigenvalue weighted by molar-refractivity contribution is -0.384. The fourth-order valence-electron chi connectivity index (χ4n) is 2.42. The summed E-state index contributed by atoms with van der Waals surface area (Å²) in [5.41, 5.74) is -1.22. The molecule has 0 spiro atoms. The number of hydrogen-bond acceptors (Lipinski definition) is 4. The van der Waals surface area contributed by atoms with Crippen molar-refractivity contribution in [2.75, 3.05) is 23.3 Å². The first kappa shape index (κ1) is 23.2. The minimum atomic E-state index is -4.56. The second kappa shape index (κ2) is 9.61. The van der Waals surface area contributed by atoms with Crippen molar-refractivity contribution in [3.8, 4) is 11.5 Å². The second-order valence-corrected chi connectivity index (χ2v) is 8.24. The highest BCUT2D eigenvalue weighted by molar-refractivity contribution is 7.46. The van der Waals surface area contributed by atoms with Gasteiger partial charge in [-0.15, -0.1) is 11.6 Å². The summed E-state index contributed by atoms with van der Waals surface area (Å²) in [6.45, 7) is 1.75. The van der Waals surface area contributed by atoms with Crippen LogP contribution in [0.25, 0.3) is 0 Å². The molecule has 0 amide bonds. The number of benzene rings is 2. The molecule has 0 aliphatic rings. The van der Waals surface area contributed by atoms with Gasteiger partial charge in [0.25, 0.3) is 5.69 Å². The average Bonchev–Trinajstić information content (AvgIpc) is 2.66. The van der Waals surface area contributed by atoms with Crippen LogP contribution in [0, 0.1) is 10.1 Å². The van der Waals surface area contributed by atoms with Crippen LogP contribution in [0.5, 0.6) is 11.5 Å². The third-order valence-corrected chi connectivity index (χ3v) is 5.70. The van der Waals surface area contributed by atoms with E-state index in [2.05, 4.69) is 0 Å². The molecule has 0 N–H and O–H groups in total. The molecule has 0 saturated carbocycles. The van der Waals surface area contributed by atoms with E-state index in [9.17, 15) is 27.9 Å². The van der Waals surface area contributed by atoms with Gasteiger partial charge in [0.2, 0.25) is 0 Å². The van der Waals surface area contributed by atoms with E-state index in [4.69, 9.17) is 27.9 Å². The van der Waals surface area contributed by atoms with Crippen molar-refractivity contribution >= 4 is 42.5 Å². The van der Waals surface area contributed by atoms with Gasteiger partial charge in [-0.3, -0.25) is 10.1 Å². The first-order valence-electron chi connectivity index (χ1n) is 8.19. The number of hydrogen-bond donors (Lipinski definition) is 0. The molecule has 1 atom stereocenters. The number of nitro groups is 1. The van der Waals surface area contributed by atoms with Crippen LogP contribution < -0.4 is 9.41 Å². The molecular weight excluding hydrogens is 455 g/mol. The number of halogens is 5. The standard InChI is InChI=1S/C17H15Cl2F3N2O4P/c1-2-29(27)23(8-7-18)15-10-12(4-5-14(15)24(25)26)28-16-6-3-11(9-13(16)19)17(20,21)22/h3-6,9-10H,2,7-8H2,1H3/q+1. The van der Waals surface area contributed by atoms with Crippen molar-refractivity contribution < 1.29 is 27.4 Å². The van der Waals surface area contributed by atoms with E-state index in [0.717, 1.165) is 24.3 Å². The molecule has 156 valence electrons. The van der Waals surface area contributed by atoms with E-state index >= 15 is 0 Å². The molecule has 6 nitrogen and oxygen atoms in total. The molecule has 0 heterocycles. The van der Waals surface area contributed by atoms with Crippen molar-refractivity contribution in [1.82, 2.24) is 0 Å². The van der Waals surface area contributed by atoms with Gasteiger partial charge < -0.3 is 4.74 Å². The Morgan fingerprint density at radius 2 is 1.93 bits per heavy atom. The molecule has 0 aromatic heterocycles. The molecule has 0 saturated heterocycles. The van der Waals surface area contributed by atoms with Crippen LogP contribution in [0.2, 0.25) is 5.02 Å². The molecule has 1 unspecified atom stereocenters. The van der Waals surface area contributed by atoms with Gasteiger partial charge in [-0.1, -0.05) is 11.6 Å². The SMILES string of the molecule is CC[P+](=O)N(CCCl)c1cc(Oc2ccc(C(F)(F)F)cc2Cl)ccc1[N+](=O)[O-]. The van der Waals surface area contributed by atoms with Gasteiger partial charge in [0.1, 0.15) is 11.5 Å². The van der Waals surface area contributed by atoms with Crippen molar-refractivity contribution in [1.29, 1.82) is 0 Å². The summed E-state index contributed by atoms with van der Waals surface area (Å²) in [5.74, 6) is 0.0863. The fourth-order valence-corrected chi connectivity index (χ4v) is 3.99. The van der Waals surface area contributed by atoms with Gasteiger partial charge in [-0.25, -0.2) is 0 Å². The lowest BCUT2D eigenvalue weighted by atomic mass is 10.2. The summed E-state index contributed by atoms with van der Waals surface area (Å²) in [6, 6.07) is 6.28. The monoisotopic (exact) mass is 469 g/mol. The maximum absolute atomic E-state index is 12.8. The summed E-state index contributed by atoms with van der Waals surface area (Å²) in [5, 5.41) is 11.1. The second-order valence-electron chi connectivity index (χ2n) is 5.63. The van der Waals surface area contributed by atoms with Crippen LogP contribution in [0.3, 0.4) is 0 Å². The maximum atomic E-state index is 12.8. The van der Waals surface area contributed by atoms with Crippen molar-refractivity contribution in [3.05, 3.63) is 57.1 Å². The van der Waals surface area contributed by atoms with Crippen LogP contribution in [0.15, 0.2) is 36.4 Å². The molecule has 0 aliphatic heterocycles. The molecule has 2 aromatic rings. The topological polar surface area (TPSA) is 72.7 Å². The van der Waals surface area contributed by atoms with Crippen molar-refractivity contribution in [2.24, 2.45) is 0 Å². The molecule has 2 aromatic carbocycles. The minimum absolute atomic E-state index is 0.0270. The van der Waals surface area contributed by atoms with Crippen LogP contribution in [0.1, 0.15) is 12.5 Å². The Labute approximate surface area is 175 Å². The Morgan fingerprint density at radius 3 is 2.45 bits per heavy atom. The van der Waals surface area contributed by atoms with Crippen LogP contribution >= 0.6 is 31.2 Å². The van der Waals surface area contributed by atoms with E-state index in [1.807, 2.05) is 0 Å². The molecule has 0 radical (unpaired) electrons. The van der Waals surface area contributed by atoms with E-state index in [-0.39, 0.29) is 46.5 Å². The van der Waals surface area contributed by atoms with Gasteiger partial charge in [0.15, 0.2) is 11.8 Å². The van der Waals surface area contributed by atoms with Gasteiger partial charge >= 0.3 is 14.1 Å². The summed E-state index contributed by atoms with van der Waals surface area (Å²) in [4.78, 5) is 10.7. The van der Waals surface area contributed by atoms with Crippen LogP contribution in [0.4, 0.5) is 24.5 Å². The number of rotatable bonds is 8. The Bertz CT molecular complexity index is 928. The van der Waals surface area contributed by atoms with Crippen molar-refractivity contribution in [3.63, 3.8) is 0 Å². The zero-order valence-electron chi connectivity index (χ0n) is 14.9. The number of nitrogens with zero attached hydrogens (tertiary/aromatic N) is 2. The highest BCUT2D eigenvalue weighted by Gasteiger charge is 2.33. The third-order valence-electron chi connectivity index (χ3n) is 3.74. The predicted octanol–water partition coefficient (Wildman–Crippen LogP) is 6.87. The number of alkyl halides is 4. The lowest BCUT2D eigenvalue weighted by Gasteiger charge is -2.15. The average molecular weight is 470 g/mol. The van der Waals surface area contributed by atoms with E-state index in [1.165, 1.54) is 16.8 Å². The first-order chi connectivity index (χ1) is 13.6. The zero-order valence-corrected chi connectivity index (χ0v) is 17.4. The maximum Gasteiger partial charge on any atom is 0.462 e. The first-order valence-corrected chi connectivity index (χ1v) is 10.5. The highest BCUT2D eigenvalue weighted by atomic mass is 35.5. The van der Waals surface area contributed by atoms with Gasteiger partial charge in [-0.2, -0.15) is 17.8 Å². The Hall–Kier alpha value is -2.09. The highest BCUT2D eigenvalue weighted by Crippen LogP contribution is 2.42. The van der Waals surface area contributed by atoms with Gasteiger partial charge in [-0.05, 0) is 35.8 Å². The fraction of sp³-hybridized carbons (Fsp3) is 0.294. The number of ether oxygens (including phenoxy) is 1. The minimum Gasteiger partial charge on any atom is -0.456 e. The van der Waals surface area contributed by atoms with Gasteiger partial charge in [0, 0.05) is 18.0 Å². The Morgan fingerprint density at radius 1 is 1.24 bits per heavy atom. The predicted molar refractivity (Wildman–Crippen MR) is 106 cm³/mol. The number of anilines is 1. The van der Waals surface area contributed by atoms with Crippen LogP contribution in [-0.4, -0.2) is 23.5 Å². The molecule has 0 aliphatic carbocycles. The van der Waals surface area contributed by atoms with Crippen LogP contribution in [-0.2, 0) is 10.7 Å². The Balaban J connectivity index is 2.45. The smallest absolute Gasteiger partial charge is 0.456 e. The largest absolute Gasteiger partial charge is 0.462 e. The molecular formula is C17H15Cl2F3N2O4P+. The number of nitro benzene ring substituents is 1. The summed E-state index contributed by atoms with van der Waals surface area (Å²) < 4.78 is 57.5. The molecule has 0 bridgehead atoms. The van der Waals surface area contributed by atoms with E-state index < -0.39 is 24.6 Å². The lowest BCUT2D eigenvalue weighted by Crippen LogP contribution is -2.19. The van der Waals surface area contributed by atoms with E-state index in [0.29, 0.717) is 0 Å². The summed E-state index contributed by atoms with van der Waals surface area (Å²) in [7, 11) is -1.97. The van der Waals surface area contributed by atoms with Crippen molar-refractivity contribution in [2.45, 2.75) is 13.1 Å². The molecule has 0 fully saturated rings. The summed E-state index contributed by atoms with van der Waals surface area (Å²) >= 11 is 11.6. The molecule has 12 heteroatoms. The van der Waals surface area contributed by atoms with Gasteiger partial charge in [0.05, 0.1) is 22.1 Å². The normalized spacial score (nSPS) is 11.9. The Kier molecular flexibility index (Phi) is 7.68.